The Balaban J connectivity index is 2.21. The fourth-order valence-corrected chi connectivity index (χ4v) is 2.21. The number of primary amides is 1. The smallest absolute Gasteiger partial charge is 0.288 e. The van der Waals surface area contributed by atoms with E-state index < -0.39 is 10.8 Å². The molecule has 20 heavy (non-hydrogen) atoms. The highest BCUT2D eigenvalue weighted by atomic mass is 16.6. The molecule has 1 fully saturated rings. The van der Waals surface area contributed by atoms with Gasteiger partial charge in [-0.3, -0.25) is 14.9 Å². The zero-order valence-corrected chi connectivity index (χ0v) is 11.0. The molecular formula is C12H17N5O3. The quantitative estimate of drug-likeness (QED) is 0.549. The molecule has 1 unspecified atom stereocenters. The number of carbonyl (C=O) groups excluding carboxylic acids is 1. The van der Waals surface area contributed by atoms with E-state index in [1.165, 1.54) is 0 Å². The van der Waals surface area contributed by atoms with Crippen LogP contribution < -0.4 is 16.4 Å². The van der Waals surface area contributed by atoms with Gasteiger partial charge in [-0.15, -0.1) is 0 Å². The van der Waals surface area contributed by atoms with Gasteiger partial charge in [0, 0.05) is 12.1 Å². The Morgan fingerprint density at radius 1 is 1.50 bits per heavy atom. The summed E-state index contributed by atoms with van der Waals surface area (Å²) in [5, 5.41) is 17.2. The van der Waals surface area contributed by atoms with Gasteiger partial charge in [-0.05, 0) is 32.4 Å². The Labute approximate surface area is 115 Å². The Morgan fingerprint density at radius 2 is 2.30 bits per heavy atom. The number of pyridine rings is 1. The number of nitro groups is 1. The normalized spacial score (nSPS) is 19.1. The number of hydrogen-bond donors (Lipinski definition) is 3. The molecule has 0 bridgehead atoms. The molecule has 1 aliphatic heterocycles. The van der Waals surface area contributed by atoms with E-state index in [1.807, 2.05) is 0 Å². The second kappa shape index (κ2) is 6.29. The fourth-order valence-electron chi connectivity index (χ4n) is 2.21. The van der Waals surface area contributed by atoms with Crippen molar-refractivity contribution >= 4 is 17.4 Å². The molecule has 8 nitrogen and oxygen atoms in total. The second-order valence-electron chi connectivity index (χ2n) is 4.73. The maximum atomic E-state index is 11.4. The van der Waals surface area contributed by atoms with Crippen LogP contribution in [0.15, 0.2) is 12.3 Å². The Kier molecular flexibility index (Phi) is 4.46. The number of hydrogen-bond acceptors (Lipinski definition) is 6. The van der Waals surface area contributed by atoms with Gasteiger partial charge in [0.15, 0.2) is 0 Å². The maximum Gasteiger partial charge on any atom is 0.288 e. The van der Waals surface area contributed by atoms with Crippen molar-refractivity contribution in [1.29, 1.82) is 0 Å². The van der Waals surface area contributed by atoms with E-state index in [9.17, 15) is 14.9 Å². The fraction of sp³-hybridized carbons (Fsp3) is 0.500. The number of amides is 1. The zero-order chi connectivity index (χ0) is 14.5. The highest BCUT2D eigenvalue weighted by molar-refractivity contribution is 5.98. The molecule has 108 valence electrons. The van der Waals surface area contributed by atoms with Crippen molar-refractivity contribution in [2.24, 2.45) is 5.73 Å². The van der Waals surface area contributed by atoms with Crippen molar-refractivity contribution in [3.05, 3.63) is 27.9 Å². The van der Waals surface area contributed by atoms with Gasteiger partial charge >= 0.3 is 0 Å². The van der Waals surface area contributed by atoms with Gasteiger partial charge in [0.25, 0.3) is 11.6 Å². The Morgan fingerprint density at radius 3 is 3.00 bits per heavy atom. The number of aromatic nitrogens is 1. The molecule has 8 heteroatoms. The minimum atomic E-state index is -0.726. The van der Waals surface area contributed by atoms with E-state index >= 15 is 0 Å². The van der Waals surface area contributed by atoms with Crippen molar-refractivity contribution in [1.82, 2.24) is 10.3 Å². The van der Waals surface area contributed by atoms with Crippen LogP contribution in [0.5, 0.6) is 0 Å². The van der Waals surface area contributed by atoms with Gasteiger partial charge in [0.1, 0.15) is 12.0 Å². The van der Waals surface area contributed by atoms with Crippen LogP contribution >= 0.6 is 0 Å². The van der Waals surface area contributed by atoms with Crippen LogP contribution in [0.2, 0.25) is 0 Å². The van der Waals surface area contributed by atoms with Gasteiger partial charge in [0.05, 0.1) is 10.5 Å². The number of anilines is 1. The molecule has 1 saturated heterocycles. The molecule has 0 saturated carbocycles. The first-order chi connectivity index (χ1) is 9.58. The third kappa shape index (κ3) is 3.41. The first kappa shape index (κ1) is 14.2. The molecule has 1 aromatic heterocycles. The van der Waals surface area contributed by atoms with E-state index in [2.05, 4.69) is 15.6 Å². The third-order valence-corrected chi connectivity index (χ3v) is 3.27. The van der Waals surface area contributed by atoms with Gasteiger partial charge < -0.3 is 16.4 Å². The second-order valence-corrected chi connectivity index (χ2v) is 4.73. The summed E-state index contributed by atoms with van der Waals surface area (Å²) < 4.78 is 0. The summed E-state index contributed by atoms with van der Waals surface area (Å²) in [6, 6.07) is 1.34. The van der Waals surface area contributed by atoms with E-state index in [1.54, 1.807) is 0 Å². The standard InChI is InChI=1S/C12H17N5O3/c13-11(18)10-6-9(17(19)20)7-15-12(10)16-8-2-1-4-14-5-3-8/h6-8,14H,1-5H2,(H2,13,18)(H,15,16). The number of nitrogens with one attached hydrogen (secondary N) is 2. The summed E-state index contributed by atoms with van der Waals surface area (Å²) in [6.45, 7) is 1.85. The minimum absolute atomic E-state index is 0.0522. The summed E-state index contributed by atoms with van der Waals surface area (Å²) in [6.07, 6.45) is 4.00. The number of nitrogens with zero attached hydrogens (tertiary/aromatic N) is 2. The molecule has 1 atom stereocenters. The van der Waals surface area contributed by atoms with E-state index in [4.69, 9.17) is 5.73 Å². The topological polar surface area (TPSA) is 123 Å². The summed E-state index contributed by atoms with van der Waals surface area (Å²) in [5.41, 5.74) is 5.07. The first-order valence-corrected chi connectivity index (χ1v) is 6.49. The van der Waals surface area contributed by atoms with Gasteiger partial charge in [-0.2, -0.15) is 0 Å². The largest absolute Gasteiger partial charge is 0.367 e. The van der Waals surface area contributed by atoms with Crippen LogP contribution in [0.4, 0.5) is 11.5 Å². The van der Waals surface area contributed by atoms with Gasteiger partial charge in [-0.1, -0.05) is 0 Å². The van der Waals surface area contributed by atoms with Crippen LogP contribution in [-0.2, 0) is 0 Å². The van der Waals surface area contributed by atoms with Crippen molar-refractivity contribution in [3.8, 4) is 0 Å². The van der Waals surface area contributed by atoms with Crippen molar-refractivity contribution in [3.63, 3.8) is 0 Å². The first-order valence-electron chi connectivity index (χ1n) is 6.49. The number of rotatable bonds is 4. The van der Waals surface area contributed by atoms with E-state index in [0.717, 1.165) is 44.6 Å². The molecule has 0 radical (unpaired) electrons. The summed E-state index contributed by atoms with van der Waals surface area (Å²) in [7, 11) is 0. The molecule has 2 rings (SSSR count). The summed E-state index contributed by atoms with van der Waals surface area (Å²) in [5.74, 6) is -0.412. The maximum absolute atomic E-state index is 11.4. The predicted molar refractivity (Wildman–Crippen MR) is 73.5 cm³/mol. The summed E-state index contributed by atoms with van der Waals surface area (Å²) >= 11 is 0. The average Bonchev–Trinajstić information content (AvgIpc) is 2.67. The SMILES string of the molecule is NC(=O)c1cc([N+](=O)[O-])cnc1NC1CCCNCC1. The van der Waals surface area contributed by atoms with Crippen molar-refractivity contribution < 1.29 is 9.72 Å². The summed E-state index contributed by atoms with van der Waals surface area (Å²) in [4.78, 5) is 25.5. The lowest BCUT2D eigenvalue weighted by molar-refractivity contribution is -0.385. The lowest BCUT2D eigenvalue weighted by atomic mass is 10.1. The van der Waals surface area contributed by atoms with Crippen LogP contribution in [0.25, 0.3) is 0 Å². The lowest BCUT2D eigenvalue weighted by Crippen LogP contribution is -2.24. The van der Waals surface area contributed by atoms with E-state index in [-0.39, 0.29) is 17.3 Å². The predicted octanol–water partition coefficient (Wildman–Crippen LogP) is 0.643. The molecule has 2 heterocycles. The van der Waals surface area contributed by atoms with Crippen molar-refractivity contribution in [2.45, 2.75) is 25.3 Å². The third-order valence-electron chi connectivity index (χ3n) is 3.27. The van der Waals surface area contributed by atoms with Crippen molar-refractivity contribution in [2.75, 3.05) is 18.4 Å². The molecule has 1 amide bonds. The molecule has 0 aromatic carbocycles. The molecule has 0 spiro atoms. The highest BCUT2D eigenvalue weighted by Gasteiger charge is 2.19. The van der Waals surface area contributed by atoms with Crippen LogP contribution in [0, 0.1) is 10.1 Å². The Hall–Kier alpha value is -2.22. The molecule has 1 aromatic rings. The lowest BCUT2D eigenvalue weighted by Gasteiger charge is -2.17. The highest BCUT2D eigenvalue weighted by Crippen LogP contribution is 2.21. The zero-order valence-electron chi connectivity index (χ0n) is 11.0. The number of carbonyl (C=O) groups is 1. The average molecular weight is 279 g/mol. The molecular weight excluding hydrogens is 262 g/mol. The molecule has 0 aliphatic carbocycles. The minimum Gasteiger partial charge on any atom is -0.367 e. The molecule has 4 N–H and O–H groups in total. The van der Waals surface area contributed by atoms with Gasteiger partial charge in [-0.25, -0.2) is 4.98 Å². The van der Waals surface area contributed by atoms with E-state index in [0.29, 0.717) is 5.82 Å². The van der Waals surface area contributed by atoms with Crippen LogP contribution in [-0.4, -0.2) is 34.9 Å². The van der Waals surface area contributed by atoms with Gasteiger partial charge in [0.2, 0.25) is 0 Å². The van der Waals surface area contributed by atoms with Crippen LogP contribution in [0.3, 0.4) is 0 Å². The van der Waals surface area contributed by atoms with Crippen LogP contribution in [0.1, 0.15) is 29.6 Å². The number of nitrogens with two attached hydrogens (primary N) is 1. The molecule has 1 aliphatic rings. The monoisotopic (exact) mass is 279 g/mol. The Bertz CT molecular complexity index is 512.